The van der Waals surface area contributed by atoms with Crippen LogP contribution < -0.4 is 0 Å². The molecule has 1 N–H and O–H groups in total. The highest BCUT2D eigenvalue weighted by molar-refractivity contribution is 7.61. The molecule has 1 aromatic rings. The van der Waals surface area contributed by atoms with E-state index < -0.39 is 10.5 Å². The van der Waals surface area contributed by atoms with Crippen LogP contribution in [0.2, 0.25) is 0 Å². The Morgan fingerprint density at radius 3 is 2.45 bits per heavy atom. The van der Waals surface area contributed by atoms with Crippen molar-refractivity contribution in [3.05, 3.63) is 24.3 Å². The molecule has 0 radical (unpaired) electrons. The lowest BCUT2D eigenvalue weighted by atomic mass is 10.3. The second-order valence-corrected chi connectivity index (χ2v) is 2.41. The standard InChI is InChI=1S/C6H5NO3S/c8-6-4-2-1-3-5(6)7-11(9)10/h1-4,8H. The van der Waals surface area contributed by atoms with Gasteiger partial charge in [-0.05, 0) is 12.1 Å². The zero-order chi connectivity index (χ0) is 8.27. The van der Waals surface area contributed by atoms with Gasteiger partial charge in [0.05, 0.1) is 0 Å². The fraction of sp³-hybridized carbons (Fsp3) is 0. The Hall–Kier alpha value is -1.36. The highest BCUT2D eigenvalue weighted by atomic mass is 32.2. The van der Waals surface area contributed by atoms with Crippen LogP contribution in [0, 0.1) is 0 Å². The molecule has 0 unspecified atom stereocenters. The molecule has 0 fully saturated rings. The lowest BCUT2D eigenvalue weighted by Gasteiger charge is -1.91. The maximum Gasteiger partial charge on any atom is 0.316 e. The largest absolute Gasteiger partial charge is 0.506 e. The topological polar surface area (TPSA) is 66.7 Å². The van der Waals surface area contributed by atoms with E-state index in [0.29, 0.717) is 0 Å². The Kier molecular flexibility index (Phi) is 2.22. The first kappa shape index (κ1) is 7.74. The van der Waals surface area contributed by atoms with Gasteiger partial charge in [0.1, 0.15) is 11.4 Å². The summed E-state index contributed by atoms with van der Waals surface area (Å²) in [5.74, 6) is -0.142. The van der Waals surface area contributed by atoms with E-state index >= 15 is 0 Å². The summed E-state index contributed by atoms with van der Waals surface area (Å²) in [5.41, 5.74) is 0.0563. The minimum atomic E-state index is -2.51. The van der Waals surface area contributed by atoms with Gasteiger partial charge in [-0.1, -0.05) is 12.1 Å². The van der Waals surface area contributed by atoms with Crippen LogP contribution in [0.3, 0.4) is 0 Å². The average Bonchev–Trinajstić information content (AvgIpc) is 1.93. The molecule has 0 amide bonds. The Morgan fingerprint density at radius 2 is 1.91 bits per heavy atom. The third-order valence-electron chi connectivity index (χ3n) is 1.05. The SMILES string of the molecule is O=S(=O)=Nc1ccccc1O. The van der Waals surface area contributed by atoms with E-state index in [1.807, 2.05) is 0 Å². The molecule has 0 spiro atoms. The van der Waals surface area contributed by atoms with Crippen molar-refractivity contribution < 1.29 is 13.5 Å². The molecule has 0 aliphatic heterocycles. The summed E-state index contributed by atoms with van der Waals surface area (Å²) in [6, 6.07) is 5.95. The molecule has 0 aliphatic rings. The monoisotopic (exact) mass is 171 g/mol. The average molecular weight is 171 g/mol. The normalized spacial score (nSPS) is 9.09. The van der Waals surface area contributed by atoms with Crippen molar-refractivity contribution in [1.82, 2.24) is 0 Å². The van der Waals surface area contributed by atoms with Crippen molar-refractivity contribution in [2.45, 2.75) is 0 Å². The summed E-state index contributed by atoms with van der Waals surface area (Å²) in [6.07, 6.45) is 0. The van der Waals surface area contributed by atoms with Crippen molar-refractivity contribution in [3.8, 4) is 5.75 Å². The summed E-state index contributed by atoms with van der Waals surface area (Å²) in [4.78, 5) is 0. The fourth-order valence-corrected chi connectivity index (χ4v) is 0.937. The predicted molar refractivity (Wildman–Crippen MR) is 39.1 cm³/mol. The van der Waals surface area contributed by atoms with Gasteiger partial charge in [-0.3, -0.25) is 0 Å². The molecule has 1 rings (SSSR count). The zero-order valence-corrected chi connectivity index (χ0v) is 6.25. The Balaban J connectivity index is 3.25. The lowest BCUT2D eigenvalue weighted by Crippen LogP contribution is -1.65. The molecule has 0 aromatic heterocycles. The summed E-state index contributed by atoms with van der Waals surface area (Å²) < 4.78 is 23.2. The summed E-state index contributed by atoms with van der Waals surface area (Å²) in [6.45, 7) is 0. The predicted octanol–water partition coefficient (Wildman–Crippen LogP) is 1.09. The first-order chi connectivity index (χ1) is 5.20. The van der Waals surface area contributed by atoms with Crippen LogP contribution in [0.15, 0.2) is 28.6 Å². The number of nitrogens with zero attached hydrogens (tertiary/aromatic N) is 1. The second kappa shape index (κ2) is 3.16. The number of hydrogen-bond acceptors (Lipinski definition) is 4. The minimum Gasteiger partial charge on any atom is -0.506 e. The van der Waals surface area contributed by atoms with Gasteiger partial charge < -0.3 is 5.11 Å². The van der Waals surface area contributed by atoms with E-state index in [1.165, 1.54) is 12.1 Å². The fourth-order valence-electron chi connectivity index (χ4n) is 0.622. The van der Waals surface area contributed by atoms with Gasteiger partial charge in [0.15, 0.2) is 0 Å². The molecule has 0 saturated carbocycles. The first-order valence-corrected chi connectivity index (χ1v) is 3.82. The van der Waals surface area contributed by atoms with Gasteiger partial charge in [0, 0.05) is 0 Å². The van der Waals surface area contributed by atoms with Gasteiger partial charge in [0.25, 0.3) is 0 Å². The highest BCUT2D eigenvalue weighted by Crippen LogP contribution is 2.24. The quantitative estimate of drug-likeness (QED) is 0.687. The summed E-state index contributed by atoms with van der Waals surface area (Å²) in [7, 11) is -2.51. The molecule has 1 aromatic carbocycles. The molecule has 0 heterocycles. The third-order valence-corrected chi connectivity index (χ3v) is 1.40. The number of hydrogen-bond donors (Lipinski definition) is 1. The number of phenols is 1. The van der Waals surface area contributed by atoms with Crippen LogP contribution >= 0.6 is 0 Å². The molecule has 58 valence electrons. The van der Waals surface area contributed by atoms with E-state index in [9.17, 15) is 8.42 Å². The second-order valence-electron chi connectivity index (χ2n) is 1.80. The van der Waals surface area contributed by atoms with Crippen LogP contribution in [0.4, 0.5) is 5.69 Å². The van der Waals surface area contributed by atoms with Crippen LogP contribution in [-0.2, 0) is 10.5 Å². The lowest BCUT2D eigenvalue weighted by molar-refractivity contribution is 0.477. The Labute approximate surface area is 64.8 Å². The van der Waals surface area contributed by atoms with E-state index in [2.05, 4.69) is 4.36 Å². The smallest absolute Gasteiger partial charge is 0.316 e. The number of benzene rings is 1. The number of phenolic OH excluding ortho intramolecular Hbond substituents is 1. The minimum absolute atomic E-state index is 0.0563. The number of para-hydroxylation sites is 1. The maximum atomic E-state index is 10.0. The third kappa shape index (κ3) is 2.05. The molecular weight excluding hydrogens is 166 g/mol. The van der Waals surface area contributed by atoms with Crippen LogP contribution in [0.1, 0.15) is 0 Å². The van der Waals surface area contributed by atoms with Gasteiger partial charge >= 0.3 is 10.5 Å². The number of aromatic hydroxyl groups is 1. The van der Waals surface area contributed by atoms with Crippen molar-refractivity contribution in [1.29, 1.82) is 0 Å². The van der Waals surface area contributed by atoms with Crippen molar-refractivity contribution in [2.24, 2.45) is 4.36 Å². The molecule has 0 saturated heterocycles. The molecule has 5 heteroatoms. The van der Waals surface area contributed by atoms with Crippen LogP contribution in [0.5, 0.6) is 5.75 Å². The van der Waals surface area contributed by atoms with Gasteiger partial charge in [-0.2, -0.15) is 8.42 Å². The molecule has 0 aliphatic carbocycles. The van der Waals surface area contributed by atoms with E-state index in [4.69, 9.17) is 5.11 Å². The summed E-state index contributed by atoms with van der Waals surface area (Å²) in [5, 5.41) is 8.99. The number of rotatable bonds is 1. The van der Waals surface area contributed by atoms with E-state index in [1.54, 1.807) is 12.1 Å². The van der Waals surface area contributed by atoms with Crippen LogP contribution in [-0.4, -0.2) is 13.5 Å². The van der Waals surface area contributed by atoms with Crippen molar-refractivity contribution in [2.75, 3.05) is 0 Å². The molecule has 0 atom stereocenters. The Bertz CT molecular complexity index is 375. The van der Waals surface area contributed by atoms with Crippen molar-refractivity contribution >= 4 is 16.2 Å². The van der Waals surface area contributed by atoms with Crippen LogP contribution in [0.25, 0.3) is 0 Å². The molecule has 11 heavy (non-hydrogen) atoms. The molecular formula is C6H5NO3S. The van der Waals surface area contributed by atoms with Crippen molar-refractivity contribution in [3.63, 3.8) is 0 Å². The maximum absolute atomic E-state index is 10.0. The van der Waals surface area contributed by atoms with Gasteiger partial charge in [-0.15, -0.1) is 4.36 Å². The first-order valence-electron chi connectivity index (χ1n) is 2.79. The van der Waals surface area contributed by atoms with Gasteiger partial charge in [0.2, 0.25) is 0 Å². The van der Waals surface area contributed by atoms with E-state index in [0.717, 1.165) is 0 Å². The molecule has 4 nitrogen and oxygen atoms in total. The highest BCUT2D eigenvalue weighted by Gasteiger charge is 1.95. The molecule has 0 bridgehead atoms. The summed E-state index contributed by atoms with van der Waals surface area (Å²) >= 11 is 0. The van der Waals surface area contributed by atoms with E-state index in [-0.39, 0.29) is 11.4 Å². The Morgan fingerprint density at radius 1 is 1.27 bits per heavy atom. The van der Waals surface area contributed by atoms with Gasteiger partial charge in [-0.25, -0.2) is 0 Å². The zero-order valence-electron chi connectivity index (χ0n) is 5.43.